The molecule has 0 saturated carbocycles. The van der Waals surface area contributed by atoms with E-state index in [0.717, 1.165) is 0 Å². The normalized spacial score (nSPS) is 11.3. The molecule has 10 heteroatoms. The third-order valence-corrected chi connectivity index (χ3v) is 3.74. The first-order valence-corrected chi connectivity index (χ1v) is 7.31. The molecule has 128 valence electrons. The summed E-state index contributed by atoms with van der Waals surface area (Å²) >= 11 is 0. The molecule has 0 aliphatic rings. The van der Waals surface area contributed by atoms with Gasteiger partial charge in [-0.1, -0.05) is 18.2 Å². The molecule has 2 heterocycles. The zero-order chi connectivity index (χ0) is 18.1. The molecule has 0 unspecified atom stereocenters. The molecular weight excluding hydrogens is 324 g/mol. The standard InChI is InChI=1S/C15H16N8O2/c1-8-10(20-21-11-12(16)18-15(25)19-13(11)17)14(24)23(22(8)2)9-6-4-3-5-7-9/h3-7H,1-2H3,(H5,16,17,18,19,25). The molecule has 0 bridgehead atoms. The maximum absolute atomic E-state index is 12.7. The van der Waals surface area contributed by atoms with Gasteiger partial charge < -0.3 is 11.5 Å². The molecular formula is C15H16N8O2. The molecule has 1 aromatic carbocycles. The maximum Gasteiger partial charge on any atom is 0.348 e. The van der Waals surface area contributed by atoms with E-state index in [0.29, 0.717) is 11.4 Å². The Morgan fingerprint density at radius 1 is 1.08 bits per heavy atom. The minimum atomic E-state index is -0.684. The smallest absolute Gasteiger partial charge is 0.348 e. The number of hydrogen-bond donors (Lipinski definition) is 3. The molecule has 0 aliphatic heterocycles. The number of nitrogens with zero attached hydrogens (tertiary/aromatic N) is 5. The van der Waals surface area contributed by atoms with E-state index in [1.807, 2.05) is 30.3 Å². The van der Waals surface area contributed by atoms with Crippen molar-refractivity contribution in [2.75, 3.05) is 11.5 Å². The second-order valence-corrected chi connectivity index (χ2v) is 5.30. The van der Waals surface area contributed by atoms with Gasteiger partial charge >= 0.3 is 5.69 Å². The second kappa shape index (κ2) is 6.07. The van der Waals surface area contributed by atoms with E-state index in [2.05, 4.69) is 20.2 Å². The number of para-hydroxylation sites is 1. The van der Waals surface area contributed by atoms with Crippen LogP contribution in [0, 0.1) is 6.92 Å². The van der Waals surface area contributed by atoms with E-state index in [1.54, 1.807) is 18.7 Å². The van der Waals surface area contributed by atoms with Crippen molar-refractivity contribution in [1.82, 2.24) is 19.3 Å². The van der Waals surface area contributed by atoms with Crippen LogP contribution in [-0.4, -0.2) is 19.3 Å². The fraction of sp³-hybridized carbons (Fsp3) is 0.133. The van der Waals surface area contributed by atoms with Gasteiger partial charge in [0.25, 0.3) is 5.56 Å². The van der Waals surface area contributed by atoms with Crippen LogP contribution in [0.25, 0.3) is 5.69 Å². The summed E-state index contributed by atoms with van der Waals surface area (Å²) < 4.78 is 3.14. The first-order valence-electron chi connectivity index (χ1n) is 7.31. The summed E-state index contributed by atoms with van der Waals surface area (Å²) in [4.78, 5) is 29.7. The summed E-state index contributed by atoms with van der Waals surface area (Å²) in [5.41, 5.74) is 11.7. The van der Waals surface area contributed by atoms with Crippen molar-refractivity contribution in [1.29, 1.82) is 0 Å². The number of nitrogen functional groups attached to an aromatic ring is 2. The molecule has 5 N–H and O–H groups in total. The van der Waals surface area contributed by atoms with E-state index < -0.39 is 5.69 Å². The Hall–Kier alpha value is -3.69. The van der Waals surface area contributed by atoms with Crippen molar-refractivity contribution in [2.24, 2.45) is 17.3 Å². The van der Waals surface area contributed by atoms with Crippen LogP contribution in [0.5, 0.6) is 0 Å². The van der Waals surface area contributed by atoms with Gasteiger partial charge in [-0.3, -0.25) is 14.5 Å². The third-order valence-electron chi connectivity index (χ3n) is 3.74. The quantitative estimate of drug-likeness (QED) is 0.611. The number of aromatic nitrogens is 4. The summed E-state index contributed by atoms with van der Waals surface area (Å²) in [5.74, 6) is -0.236. The minimum Gasteiger partial charge on any atom is -0.383 e. The molecule has 0 amide bonds. The van der Waals surface area contributed by atoms with E-state index in [4.69, 9.17) is 11.5 Å². The first-order chi connectivity index (χ1) is 11.9. The molecule has 2 aromatic heterocycles. The fourth-order valence-corrected chi connectivity index (χ4v) is 2.38. The lowest BCUT2D eigenvalue weighted by atomic mass is 10.3. The van der Waals surface area contributed by atoms with Crippen molar-refractivity contribution < 1.29 is 0 Å². The molecule has 10 nitrogen and oxygen atoms in total. The summed E-state index contributed by atoms with van der Waals surface area (Å²) in [6, 6.07) is 9.14. The lowest BCUT2D eigenvalue weighted by Crippen LogP contribution is -2.19. The van der Waals surface area contributed by atoms with Crippen LogP contribution in [0.15, 0.2) is 50.1 Å². The van der Waals surface area contributed by atoms with Gasteiger partial charge in [-0.15, -0.1) is 10.2 Å². The molecule has 3 aromatic rings. The van der Waals surface area contributed by atoms with Gasteiger partial charge in [-0.25, -0.2) is 9.48 Å². The topological polar surface area (TPSA) is 149 Å². The molecule has 0 radical (unpaired) electrons. The minimum absolute atomic E-state index is 0.00788. The Morgan fingerprint density at radius 2 is 1.72 bits per heavy atom. The Labute approximate surface area is 141 Å². The van der Waals surface area contributed by atoms with Gasteiger partial charge in [0, 0.05) is 7.05 Å². The predicted octanol–water partition coefficient (Wildman–Crippen LogP) is 1.15. The number of benzene rings is 1. The van der Waals surface area contributed by atoms with E-state index in [1.165, 1.54) is 4.68 Å². The molecule has 0 spiro atoms. The molecule has 0 fully saturated rings. The van der Waals surface area contributed by atoms with E-state index in [-0.39, 0.29) is 28.6 Å². The number of nitrogens with one attached hydrogen (secondary N) is 1. The number of azo groups is 1. The van der Waals surface area contributed by atoms with Crippen molar-refractivity contribution in [2.45, 2.75) is 6.92 Å². The number of nitrogens with two attached hydrogens (primary N) is 2. The van der Waals surface area contributed by atoms with Crippen molar-refractivity contribution in [3.8, 4) is 5.69 Å². The fourth-order valence-electron chi connectivity index (χ4n) is 2.38. The van der Waals surface area contributed by atoms with E-state index in [9.17, 15) is 9.59 Å². The molecule has 0 aliphatic carbocycles. The Bertz CT molecular complexity index is 1050. The first kappa shape index (κ1) is 16.2. The Morgan fingerprint density at radius 3 is 2.36 bits per heavy atom. The summed E-state index contributed by atoms with van der Waals surface area (Å²) in [5, 5.41) is 7.88. The highest BCUT2D eigenvalue weighted by Crippen LogP contribution is 2.26. The maximum atomic E-state index is 12.7. The SMILES string of the molecule is Cc1c(N=Nc2c(N)nc(=O)[nH]c2N)c(=O)n(-c2ccccc2)n1C. The van der Waals surface area contributed by atoms with Gasteiger partial charge in [0.05, 0.1) is 11.4 Å². The second-order valence-electron chi connectivity index (χ2n) is 5.30. The van der Waals surface area contributed by atoms with Crippen LogP contribution in [0.2, 0.25) is 0 Å². The Balaban J connectivity index is 2.12. The molecule has 0 saturated heterocycles. The summed E-state index contributed by atoms with van der Waals surface area (Å²) in [6.45, 7) is 1.74. The van der Waals surface area contributed by atoms with Crippen LogP contribution in [0.1, 0.15) is 5.69 Å². The van der Waals surface area contributed by atoms with Crippen molar-refractivity contribution in [3.63, 3.8) is 0 Å². The lowest BCUT2D eigenvalue weighted by Gasteiger charge is -2.07. The number of H-pyrrole nitrogens is 1. The summed E-state index contributed by atoms with van der Waals surface area (Å²) in [6.07, 6.45) is 0. The number of hydrogen-bond acceptors (Lipinski definition) is 7. The number of rotatable bonds is 3. The highest BCUT2D eigenvalue weighted by Gasteiger charge is 2.16. The average Bonchev–Trinajstić information content (AvgIpc) is 2.78. The molecule has 25 heavy (non-hydrogen) atoms. The zero-order valence-electron chi connectivity index (χ0n) is 13.6. The number of aromatic amines is 1. The van der Waals surface area contributed by atoms with Crippen LogP contribution < -0.4 is 22.7 Å². The van der Waals surface area contributed by atoms with Crippen LogP contribution in [0.4, 0.5) is 23.0 Å². The number of anilines is 2. The van der Waals surface area contributed by atoms with Crippen molar-refractivity contribution >= 4 is 23.0 Å². The summed E-state index contributed by atoms with van der Waals surface area (Å²) in [7, 11) is 1.74. The van der Waals surface area contributed by atoms with Crippen LogP contribution in [0.3, 0.4) is 0 Å². The van der Waals surface area contributed by atoms with Gasteiger partial charge in [0.1, 0.15) is 5.82 Å². The van der Waals surface area contributed by atoms with Crippen molar-refractivity contribution in [3.05, 3.63) is 56.9 Å². The molecule has 0 atom stereocenters. The van der Waals surface area contributed by atoms with Gasteiger partial charge in [0.15, 0.2) is 17.2 Å². The average molecular weight is 340 g/mol. The van der Waals surface area contributed by atoms with Crippen LogP contribution >= 0.6 is 0 Å². The highest BCUT2D eigenvalue weighted by atomic mass is 16.1. The van der Waals surface area contributed by atoms with Gasteiger partial charge in [0.2, 0.25) is 0 Å². The van der Waals surface area contributed by atoms with Gasteiger partial charge in [-0.2, -0.15) is 4.98 Å². The predicted molar refractivity (Wildman–Crippen MR) is 93.6 cm³/mol. The zero-order valence-corrected chi connectivity index (χ0v) is 13.6. The lowest BCUT2D eigenvalue weighted by molar-refractivity contribution is 0.630. The molecule has 3 rings (SSSR count). The van der Waals surface area contributed by atoms with Crippen LogP contribution in [-0.2, 0) is 7.05 Å². The third kappa shape index (κ3) is 2.80. The Kier molecular flexibility index (Phi) is 3.93. The van der Waals surface area contributed by atoms with Gasteiger partial charge in [-0.05, 0) is 19.1 Å². The monoisotopic (exact) mass is 340 g/mol. The van der Waals surface area contributed by atoms with E-state index >= 15 is 0 Å². The largest absolute Gasteiger partial charge is 0.383 e. The highest BCUT2D eigenvalue weighted by molar-refractivity contribution is 5.69.